The number of halogens is 3. The monoisotopic (exact) mass is 219 g/mol. The fourth-order valence-corrected chi connectivity index (χ4v) is 1.21. The molecule has 0 saturated heterocycles. The van der Waals surface area contributed by atoms with Crippen molar-refractivity contribution in [3.05, 3.63) is 23.8 Å². The van der Waals surface area contributed by atoms with E-state index >= 15 is 0 Å². The summed E-state index contributed by atoms with van der Waals surface area (Å²) in [6.45, 7) is 2.34. The Morgan fingerprint density at radius 3 is 2.47 bits per heavy atom. The van der Waals surface area contributed by atoms with Crippen LogP contribution in [0.5, 0.6) is 5.75 Å². The second kappa shape index (κ2) is 4.42. The molecule has 0 heterocycles. The van der Waals surface area contributed by atoms with Crippen LogP contribution >= 0.6 is 0 Å². The molecule has 0 aliphatic heterocycles. The number of methoxy groups -OCH3 is 1. The molecule has 0 atom stereocenters. The molecule has 5 heteroatoms. The lowest BCUT2D eigenvalue weighted by atomic mass is 10.2. The van der Waals surface area contributed by atoms with Gasteiger partial charge in [-0.1, -0.05) is 0 Å². The van der Waals surface area contributed by atoms with Gasteiger partial charge in [-0.15, -0.1) is 0 Å². The molecule has 0 fully saturated rings. The molecule has 0 aliphatic carbocycles. The number of ether oxygens (including phenoxy) is 1. The number of anilines is 1. The maximum absolute atomic E-state index is 12.4. The third kappa shape index (κ3) is 2.78. The normalized spacial score (nSPS) is 11.3. The first kappa shape index (κ1) is 11.7. The van der Waals surface area contributed by atoms with E-state index in [0.717, 1.165) is 12.1 Å². The van der Waals surface area contributed by atoms with Gasteiger partial charge >= 0.3 is 6.18 Å². The Kier molecular flexibility index (Phi) is 3.44. The Labute approximate surface area is 86.1 Å². The van der Waals surface area contributed by atoms with Crippen molar-refractivity contribution in [1.82, 2.24) is 0 Å². The van der Waals surface area contributed by atoms with Crippen LogP contribution in [0.4, 0.5) is 18.9 Å². The van der Waals surface area contributed by atoms with Crippen LogP contribution < -0.4 is 10.1 Å². The van der Waals surface area contributed by atoms with Crippen LogP contribution in [-0.2, 0) is 6.18 Å². The first-order valence-electron chi connectivity index (χ1n) is 4.48. The second-order valence-corrected chi connectivity index (χ2v) is 2.94. The Morgan fingerprint density at radius 2 is 2.00 bits per heavy atom. The van der Waals surface area contributed by atoms with Crippen molar-refractivity contribution in [2.24, 2.45) is 0 Å². The van der Waals surface area contributed by atoms with Crippen LogP contribution in [0.25, 0.3) is 0 Å². The van der Waals surface area contributed by atoms with Gasteiger partial charge < -0.3 is 10.1 Å². The predicted molar refractivity (Wildman–Crippen MR) is 52.2 cm³/mol. The second-order valence-electron chi connectivity index (χ2n) is 2.94. The van der Waals surface area contributed by atoms with Crippen LogP contribution in [0.3, 0.4) is 0 Å². The van der Waals surface area contributed by atoms with Crippen molar-refractivity contribution in [2.45, 2.75) is 13.1 Å². The minimum absolute atomic E-state index is 0.356. The highest BCUT2D eigenvalue weighted by molar-refractivity contribution is 5.58. The Balaban J connectivity index is 3.10. The molecule has 0 amide bonds. The summed E-state index contributed by atoms with van der Waals surface area (Å²) >= 11 is 0. The lowest BCUT2D eigenvalue weighted by Crippen LogP contribution is -2.07. The van der Waals surface area contributed by atoms with Crippen molar-refractivity contribution in [3.63, 3.8) is 0 Å². The van der Waals surface area contributed by atoms with Gasteiger partial charge in [-0.3, -0.25) is 0 Å². The van der Waals surface area contributed by atoms with Gasteiger partial charge in [0, 0.05) is 6.54 Å². The molecule has 1 N–H and O–H groups in total. The topological polar surface area (TPSA) is 21.3 Å². The summed E-state index contributed by atoms with van der Waals surface area (Å²) in [5, 5.41) is 2.81. The SMILES string of the molecule is CCNc1cc(C(F)(F)F)ccc1OC. The summed E-state index contributed by atoms with van der Waals surface area (Å²) in [5.41, 5.74) is -0.325. The molecular weight excluding hydrogens is 207 g/mol. The number of rotatable bonds is 3. The molecule has 0 aromatic heterocycles. The predicted octanol–water partition coefficient (Wildman–Crippen LogP) is 3.15. The van der Waals surface area contributed by atoms with Gasteiger partial charge in [0.2, 0.25) is 0 Å². The van der Waals surface area contributed by atoms with Crippen LogP contribution in [0.15, 0.2) is 18.2 Å². The number of benzene rings is 1. The van der Waals surface area contributed by atoms with E-state index in [1.165, 1.54) is 13.2 Å². The average molecular weight is 219 g/mol. The highest BCUT2D eigenvalue weighted by Crippen LogP contribution is 2.34. The van der Waals surface area contributed by atoms with E-state index in [0.29, 0.717) is 18.0 Å². The largest absolute Gasteiger partial charge is 0.495 e. The van der Waals surface area contributed by atoms with Gasteiger partial charge in [0.25, 0.3) is 0 Å². The van der Waals surface area contributed by atoms with Crippen molar-refractivity contribution in [1.29, 1.82) is 0 Å². The van der Waals surface area contributed by atoms with Crippen LogP contribution in [-0.4, -0.2) is 13.7 Å². The fraction of sp³-hybridized carbons (Fsp3) is 0.400. The van der Waals surface area contributed by atoms with Gasteiger partial charge in [-0.2, -0.15) is 13.2 Å². The molecule has 2 nitrogen and oxygen atoms in total. The van der Waals surface area contributed by atoms with E-state index in [2.05, 4.69) is 5.32 Å². The third-order valence-corrected chi connectivity index (χ3v) is 1.89. The first-order chi connectivity index (χ1) is 6.99. The summed E-state index contributed by atoms with van der Waals surface area (Å²) in [7, 11) is 1.42. The molecule has 0 bridgehead atoms. The molecule has 1 aromatic rings. The summed E-state index contributed by atoms with van der Waals surface area (Å²) in [6.07, 6.45) is -4.32. The Bertz CT molecular complexity index is 336. The number of hydrogen-bond acceptors (Lipinski definition) is 2. The minimum Gasteiger partial charge on any atom is -0.495 e. The Morgan fingerprint density at radius 1 is 1.33 bits per heavy atom. The molecule has 0 unspecified atom stereocenters. The van der Waals surface area contributed by atoms with Gasteiger partial charge in [0.05, 0.1) is 18.4 Å². The summed E-state index contributed by atoms with van der Waals surface area (Å²) in [4.78, 5) is 0. The van der Waals surface area contributed by atoms with E-state index in [9.17, 15) is 13.2 Å². The molecule has 1 rings (SSSR count). The summed E-state index contributed by atoms with van der Waals surface area (Å²) in [6, 6.07) is 3.35. The van der Waals surface area contributed by atoms with E-state index in [-0.39, 0.29) is 0 Å². The van der Waals surface area contributed by atoms with E-state index < -0.39 is 11.7 Å². The van der Waals surface area contributed by atoms with Crippen molar-refractivity contribution < 1.29 is 17.9 Å². The fourth-order valence-electron chi connectivity index (χ4n) is 1.21. The molecule has 0 saturated carbocycles. The quantitative estimate of drug-likeness (QED) is 0.843. The van der Waals surface area contributed by atoms with E-state index in [1.54, 1.807) is 6.92 Å². The molecule has 15 heavy (non-hydrogen) atoms. The van der Waals surface area contributed by atoms with Crippen molar-refractivity contribution >= 4 is 5.69 Å². The molecule has 0 aliphatic rings. The number of nitrogens with one attached hydrogen (secondary N) is 1. The smallest absolute Gasteiger partial charge is 0.416 e. The summed E-state index contributed by atoms with van der Waals surface area (Å²) in [5.74, 6) is 0.407. The zero-order valence-corrected chi connectivity index (χ0v) is 8.48. The van der Waals surface area contributed by atoms with Crippen molar-refractivity contribution in [3.8, 4) is 5.75 Å². The highest BCUT2D eigenvalue weighted by atomic mass is 19.4. The molecule has 0 radical (unpaired) electrons. The molecule has 0 spiro atoms. The minimum atomic E-state index is -4.32. The average Bonchev–Trinajstić information content (AvgIpc) is 2.17. The molecule has 1 aromatic carbocycles. The summed E-state index contributed by atoms with van der Waals surface area (Å²) < 4.78 is 42.1. The van der Waals surface area contributed by atoms with Gasteiger partial charge in [-0.25, -0.2) is 0 Å². The standard InChI is InChI=1S/C10H12F3NO/c1-3-14-8-6-7(10(11,12)13)4-5-9(8)15-2/h4-6,14H,3H2,1-2H3. The van der Waals surface area contributed by atoms with E-state index in [4.69, 9.17) is 4.74 Å². The van der Waals surface area contributed by atoms with Crippen molar-refractivity contribution in [2.75, 3.05) is 19.0 Å². The maximum Gasteiger partial charge on any atom is 0.416 e. The van der Waals surface area contributed by atoms with E-state index in [1.807, 2.05) is 0 Å². The van der Waals surface area contributed by atoms with Crippen LogP contribution in [0, 0.1) is 0 Å². The van der Waals surface area contributed by atoms with Crippen LogP contribution in [0.2, 0.25) is 0 Å². The maximum atomic E-state index is 12.4. The lowest BCUT2D eigenvalue weighted by molar-refractivity contribution is -0.137. The Hall–Kier alpha value is -1.39. The number of alkyl halides is 3. The first-order valence-corrected chi connectivity index (χ1v) is 4.48. The lowest BCUT2D eigenvalue weighted by Gasteiger charge is -2.13. The van der Waals surface area contributed by atoms with Crippen LogP contribution in [0.1, 0.15) is 12.5 Å². The van der Waals surface area contributed by atoms with Gasteiger partial charge in [0.15, 0.2) is 0 Å². The zero-order valence-electron chi connectivity index (χ0n) is 8.48. The third-order valence-electron chi connectivity index (χ3n) is 1.89. The van der Waals surface area contributed by atoms with Gasteiger partial charge in [0.1, 0.15) is 5.75 Å². The number of hydrogen-bond donors (Lipinski definition) is 1. The molecular formula is C10H12F3NO. The van der Waals surface area contributed by atoms with Gasteiger partial charge in [-0.05, 0) is 25.1 Å². The highest BCUT2D eigenvalue weighted by Gasteiger charge is 2.31. The zero-order chi connectivity index (χ0) is 11.5. The molecule has 84 valence electrons.